The second-order valence-electron chi connectivity index (χ2n) is 18.0. The summed E-state index contributed by atoms with van der Waals surface area (Å²) < 4.78 is 85.0. The molecule has 0 spiro atoms. The zero-order valence-electron chi connectivity index (χ0n) is 34.3. The van der Waals surface area contributed by atoms with Gasteiger partial charge < -0.3 is 14.5 Å². The number of sulfonamides is 1. The predicted molar refractivity (Wildman–Crippen MR) is 217 cm³/mol. The van der Waals surface area contributed by atoms with Crippen molar-refractivity contribution in [1.82, 2.24) is 19.1 Å². The van der Waals surface area contributed by atoms with Crippen LogP contribution in [0.1, 0.15) is 124 Å². The lowest BCUT2D eigenvalue weighted by atomic mass is 9.86. The number of benzene rings is 2. The van der Waals surface area contributed by atoms with Crippen LogP contribution in [0.3, 0.4) is 0 Å². The summed E-state index contributed by atoms with van der Waals surface area (Å²) in [4.78, 5) is 9.72. The van der Waals surface area contributed by atoms with Crippen LogP contribution in [0, 0.1) is 11.8 Å². The summed E-state index contributed by atoms with van der Waals surface area (Å²) in [6, 6.07) is 11.7. The lowest BCUT2D eigenvalue weighted by Crippen LogP contribution is -2.29. The number of fused-ring (bicyclic) bond motifs is 2. The van der Waals surface area contributed by atoms with Gasteiger partial charge >= 0.3 is 0 Å². The molecule has 0 aliphatic heterocycles. The molecule has 2 aliphatic rings. The third-order valence-corrected chi connectivity index (χ3v) is 13.1. The van der Waals surface area contributed by atoms with E-state index in [1.54, 1.807) is 7.05 Å². The van der Waals surface area contributed by atoms with E-state index in [9.17, 15) is 26.0 Å². The Balaban J connectivity index is 0.000000218. The zero-order chi connectivity index (χ0) is 40.6. The lowest BCUT2D eigenvalue weighted by Gasteiger charge is -2.30. The first-order valence-corrected chi connectivity index (χ1v) is 21.6. The number of nitrogens with one attached hydrogen (secondary N) is 1. The number of unbranched alkanes of at least 4 members (excludes halogenated alkanes) is 1. The minimum Gasteiger partial charge on any atom is -0.388 e. The van der Waals surface area contributed by atoms with Crippen LogP contribution in [0.4, 0.5) is 28.9 Å². The highest BCUT2D eigenvalue weighted by molar-refractivity contribution is 7.92. The van der Waals surface area contributed by atoms with E-state index in [0.29, 0.717) is 50.3 Å². The Morgan fingerprint density at radius 1 is 0.764 bits per heavy atom. The Bertz CT molecular complexity index is 2020. The van der Waals surface area contributed by atoms with Crippen LogP contribution in [0.15, 0.2) is 36.4 Å². The Morgan fingerprint density at radius 2 is 1.20 bits per heavy atom. The molecule has 13 heteroatoms. The van der Waals surface area contributed by atoms with Crippen molar-refractivity contribution in [2.75, 3.05) is 29.5 Å². The van der Waals surface area contributed by atoms with Gasteiger partial charge in [-0.15, -0.1) is 0 Å². The number of rotatable bonds is 10. The Morgan fingerprint density at radius 3 is 1.62 bits per heavy atom. The summed E-state index contributed by atoms with van der Waals surface area (Å²) in [5.74, 6) is -2.48. The van der Waals surface area contributed by atoms with Gasteiger partial charge in [-0.25, -0.2) is 35.9 Å². The van der Waals surface area contributed by atoms with Crippen molar-refractivity contribution in [2.45, 2.75) is 148 Å². The maximum absolute atomic E-state index is 13.6. The summed E-state index contributed by atoms with van der Waals surface area (Å²) in [6.07, 6.45) is 3.55. The van der Waals surface area contributed by atoms with E-state index in [2.05, 4.69) is 68.1 Å². The van der Waals surface area contributed by atoms with Gasteiger partial charge in [0, 0.05) is 69.4 Å². The molecule has 306 valence electrons. The van der Waals surface area contributed by atoms with Gasteiger partial charge in [0.05, 0.1) is 33.5 Å². The quantitative estimate of drug-likeness (QED) is 0.162. The summed E-state index contributed by atoms with van der Waals surface area (Å²) >= 11 is 0. The van der Waals surface area contributed by atoms with E-state index in [4.69, 9.17) is 9.97 Å². The molecule has 2 heterocycles. The summed E-state index contributed by atoms with van der Waals surface area (Å²) in [5, 5.41) is 3.14. The number of aromatic nitrogens is 4. The second-order valence-corrected chi connectivity index (χ2v) is 20.1. The largest absolute Gasteiger partial charge is 0.388 e. The van der Waals surface area contributed by atoms with Gasteiger partial charge in [-0.1, -0.05) is 54.9 Å². The molecule has 6 rings (SSSR count). The maximum atomic E-state index is 13.6. The van der Waals surface area contributed by atoms with Gasteiger partial charge in [-0.05, 0) is 80.3 Å². The Hall–Kier alpha value is -3.35. The molecule has 0 radical (unpaired) electrons. The van der Waals surface area contributed by atoms with Gasteiger partial charge in [0.15, 0.2) is 0 Å². The van der Waals surface area contributed by atoms with E-state index in [1.807, 2.05) is 38.2 Å². The number of anilines is 2. The van der Waals surface area contributed by atoms with Gasteiger partial charge in [-0.3, -0.25) is 4.31 Å². The van der Waals surface area contributed by atoms with Crippen LogP contribution >= 0.6 is 0 Å². The molecule has 2 aliphatic carbocycles. The normalized spacial score (nSPS) is 18.3. The number of nitrogens with zero attached hydrogens (tertiary/aromatic N) is 5. The molecular formula is C42H62F4N6O2S. The van der Waals surface area contributed by atoms with Crippen LogP contribution < -0.4 is 9.62 Å². The molecule has 8 nitrogen and oxygen atoms in total. The summed E-state index contributed by atoms with van der Waals surface area (Å²) in [7, 11) is 0.0914. The molecule has 2 aromatic carbocycles. The second kappa shape index (κ2) is 16.3. The van der Waals surface area contributed by atoms with E-state index in [1.165, 1.54) is 4.31 Å². The first kappa shape index (κ1) is 42.8. The van der Waals surface area contributed by atoms with Crippen molar-refractivity contribution in [3.05, 3.63) is 48.0 Å². The molecule has 2 fully saturated rings. The summed E-state index contributed by atoms with van der Waals surface area (Å²) in [6.45, 7) is 16.1. The van der Waals surface area contributed by atoms with Crippen molar-refractivity contribution >= 4 is 43.5 Å². The first-order chi connectivity index (χ1) is 25.5. The monoisotopic (exact) mass is 790 g/mol. The maximum Gasteiger partial charge on any atom is 0.248 e. The van der Waals surface area contributed by atoms with Crippen molar-refractivity contribution in [3.63, 3.8) is 0 Å². The van der Waals surface area contributed by atoms with Gasteiger partial charge in [0.25, 0.3) is 0 Å². The third kappa shape index (κ3) is 10.3. The average Bonchev–Trinajstić information content (AvgIpc) is 3.67. The predicted octanol–water partition coefficient (Wildman–Crippen LogP) is 10.9. The summed E-state index contributed by atoms with van der Waals surface area (Å²) in [5.41, 5.74) is 5.03. The first-order valence-electron chi connectivity index (χ1n) is 19.9. The van der Waals surface area contributed by atoms with Crippen LogP contribution in [0.2, 0.25) is 0 Å². The van der Waals surface area contributed by atoms with Gasteiger partial charge in [0.1, 0.15) is 11.6 Å². The Kier molecular flexibility index (Phi) is 12.6. The van der Waals surface area contributed by atoms with Crippen LogP contribution in [-0.2, 0) is 33.9 Å². The molecule has 0 amide bonds. The SMILES string of the molecule is CCCCS(=O)(=O)N(C)c1ccc2c(c1)nc(C(C)(C)C)n2CC1CCC(F)(F)CC1.CNc1ccc2c(c1)nc(C(C)(C)C)n2CC1CCC(F)(F)CC1. The number of hydrogen-bond donors (Lipinski definition) is 1. The molecule has 0 atom stereocenters. The van der Waals surface area contributed by atoms with Crippen LogP contribution in [-0.4, -0.2) is 59.2 Å². The number of imidazole rings is 2. The molecule has 55 heavy (non-hydrogen) atoms. The van der Waals surface area contributed by atoms with Crippen molar-refractivity contribution in [3.8, 4) is 0 Å². The van der Waals surface area contributed by atoms with E-state index >= 15 is 0 Å². The average molecular weight is 791 g/mol. The van der Waals surface area contributed by atoms with Crippen molar-refractivity contribution in [1.29, 1.82) is 0 Å². The highest BCUT2D eigenvalue weighted by Gasteiger charge is 2.37. The Labute approximate surface area is 325 Å². The number of halogens is 4. The number of alkyl halides is 4. The van der Waals surface area contributed by atoms with E-state index in [-0.39, 0.29) is 48.2 Å². The molecule has 4 aromatic rings. The van der Waals surface area contributed by atoms with E-state index < -0.39 is 21.9 Å². The minimum absolute atomic E-state index is 0.0129. The fraction of sp³-hybridized carbons (Fsp3) is 0.667. The standard InChI is InChI=1S/C23H35F2N3O2S.C19H27F2N3/c1-6-7-14-31(29,30)27(5)18-8-9-20-19(15-18)26-21(22(2,3)4)28(20)16-17-10-12-23(24,25)13-11-17;1-18(2,3)17-23-15-11-14(22-4)5-6-16(15)24(17)12-13-7-9-19(20,21)10-8-13/h8-9,15,17H,6-7,10-14,16H2,1-5H3;5-6,11,13,22H,7-10,12H2,1-4H3. The van der Waals surface area contributed by atoms with Crippen molar-refractivity contribution < 1.29 is 26.0 Å². The highest BCUT2D eigenvalue weighted by atomic mass is 32.2. The molecular weight excluding hydrogens is 729 g/mol. The topological polar surface area (TPSA) is 85.1 Å². The molecule has 2 saturated carbocycles. The van der Waals surface area contributed by atoms with Crippen molar-refractivity contribution in [2.24, 2.45) is 11.8 Å². The number of hydrogen-bond acceptors (Lipinski definition) is 5. The lowest BCUT2D eigenvalue weighted by molar-refractivity contribution is -0.0478. The van der Waals surface area contributed by atoms with Crippen LogP contribution in [0.5, 0.6) is 0 Å². The van der Waals surface area contributed by atoms with Gasteiger partial charge in [-0.2, -0.15) is 0 Å². The molecule has 0 unspecified atom stereocenters. The minimum atomic E-state index is -3.38. The fourth-order valence-electron chi connectivity index (χ4n) is 7.82. The third-order valence-electron chi connectivity index (χ3n) is 11.2. The van der Waals surface area contributed by atoms with Gasteiger partial charge in [0.2, 0.25) is 21.9 Å². The van der Waals surface area contributed by atoms with E-state index in [0.717, 1.165) is 52.4 Å². The smallest absolute Gasteiger partial charge is 0.248 e. The molecule has 0 saturated heterocycles. The molecule has 1 N–H and O–H groups in total. The highest BCUT2D eigenvalue weighted by Crippen LogP contribution is 2.40. The molecule has 2 aromatic heterocycles. The van der Waals surface area contributed by atoms with Crippen LogP contribution in [0.25, 0.3) is 22.1 Å². The fourth-order valence-corrected chi connectivity index (χ4v) is 9.18. The zero-order valence-corrected chi connectivity index (χ0v) is 35.1. The molecule has 0 bridgehead atoms.